The molecule has 0 atom stereocenters. The van der Waals surface area contributed by atoms with Crippen LogP contribution in [0.4, 0.5) is 5.13 Å². The van der Waals surface area contributed by atoms with Gasteiger partial charge in [-0.05, 0) is 17.7 Å². The van der Waals surface area contributed by atoms with Crippen LogP contribution < -0.4 is 14.8 Å². The number of piperazine rings is 1. The van der Waals surface area contributed by atoms with E-state index in [2.05, 4.69) is 21.3 Å². The zero-order chi connectivity index (χ0) is 19.5. The largest absolute Gasteiger partial charge is 0.454 e. The van der Waals surface area contributed by atoms with Gasteiger partial charge >= 0.3 is 0 Å². The number of aromatic nitrogens is 1. The SMILES string of the molecule is CC(=O)Nc1nc(CC(=O)N2CCN(Cc3ccc4c(c3)OCO4)CC2)cs1. The highest BCUT2D eigenvalue weighted by Gasteiger charge is 2.22. The van der Waals surface area contributed by atoms with E-state index in [1.165, 1.54) is 23.8 Å². The van der Waals surface area contributed by atoms with Crippen LogP contribution in [0.15, 0.2) is 23.6 Å². The van der Waals surface area contributed by atoms with E-state index >= 15 is 0 Å². The average molecular weight is 402 g/mol. The van der Waals surface area contributed by atoms with Crippen molar-refractivity contribution in [2.75, 3.05) is 38.3 Å². The molecule has 1 N–H and O–H groups in total. The molecular formula is C19H22N4O4S. The average Bonchev–Trinajstić information content (AvgIpc) is 3.30. The summed E-state index contributed by atoms with van der Waals surface area (Å²) in [4.78, 5) is 32.1. The third-order valence-electron chi connectivity index (χ3n) is 4.74. The minimum absolute atomic E-state index is 0.0717. The minimum atomic E-state index is -0.161. The van der Waals surface area contributed by atoms with Crippen LogP contribution in [0.25, 0.3) is 0 Å². The fraction of sp³-hybridized carbons (Fsp3) is 0.421. The van der Waals surface area contributed by atoms with Gasteiger partial charge < -0.3 is 19.7 Å². The third-order valence-corrected chi connectivity index (χ3v) is 5.54. The number of hydrogen-bond acceptors (Lipinski definition) is 7. The molecule has 1 fully saturated rings. The van der Waals surface area contributed by atoms with Gasteiger partial charge in [0.2, 0.25) is 18.6 Å². The summed E-state index contributed by atoms with van der Waals surface area (Å²) in [5, 5.41) is 4.99. The van der Waals surface area contributed by atoms with E-state index in [0.717, 1.165) is 31.1 Å². The molecule has 9 heteroatoms. The molecule has 4 rings (SSSR count). The molecule has 28 heavy (non-hydrogen) atoms. The Labute approximate surface area is 167 Å². The van der Waals surface area contributed by atoms with Crippen molar-refractivity contribution >= 4 is 28.3 Å². The van der Waals surface area contributed by atoms with E-state index in [0.29, 0.717) is 23.9 Å². The van der Waals surface area contributed by atoms with Crippen LogP contribution in [-0.4, -0.2) is 59.6 Å². The lowest BCUT2D eigenvalue weighted by atomic mass is 10.1. The fourth-order valence-electron chi connectivity index (χ4n) is 3.32. The van der Waals surface area contributed by atoms with Gasteiger partial charge in [0.1, 0.15) is 0 Å². The van der Waals surface area contributed by atoms with Crippen LogP contribution in [0.5, 0.6) is 11.5 Å². The number of rotatable bonds is 5. The Morgan fingerprint density at radius 2 is 1.96 bits per heavy atom. The highest BCUT2D eigenvalue weighted by molar-refractivity contribution is 7.13. The van der Waals surface area contributed by atoms with Crippen molar-refractivity contribution in [2.45, 2.75) is 19.9 Å². The van der Waals surface area contributed by atoms with Crippen LogP contribution in [0.2, 0.25) is 0 Å². The van der Waals surface area contributed by atoms with E-state index in [9.17, 15) is 9.59 Å². The van der Waals surface area contributed by atoms with Crippen molar-refractivity contribution in [2.24, 2.45) is 0 Å². The van der Waals surface area contributed by atoms with Crippen molar-refractivity contribution in [1.29, 1.82) is 0 Å². The molecule has 1 aromatic carbocycles. The molecule has 0 saturated carbocycles. The number of carbonyl (C=O) groups is 2. The molecule has 8 nitrogen and oxygen atoms in total. The lowest BCUT2D eigenvalue weighted by Gasteiger charge is -2.34. The molecule has 2 amide bonds. The van der Waals surface area contributed by atoms with Crippen molar-refractivity contribution < 1.29 is 19.1 Å². The molecule has 0 unspecified atom stereocenters. The zero-order valence-electron chi connectivity index (χ0n) is 15.6. The fourth-order valence-corrected chi connectivity index (χ4v) is 4.07. The predicted octanol–water partition coefficient (Wildman–Crippen LogP) is 1.72. The highest BCUT2D eigenvalue weighted by atomic mass is 32.1. The molecule has 3 heterocycles. The highest BCUT2D eigenvalue weighted by Crippen LogP contribution is 2.32. The first-order valence-corrected chi connectivity index (χ1v) is 10.1. The topological polar surface area (TPSA) is 84.0 Å². The van der Waals surface area contributed by atoms with Gasteiger partial charge in [-0.1, -0.05) is 6.07 Å². The normalized spacial score (nSPS) is 16.2. The Morgan fingerprint density at radius 1 is 1.18 bits per heavy atom. The second-order valence-corrected chi connectivity index (χ2v) is 7.70. The molecule has 2 aromatic rings. The van der Waals surface area contributed by atoms with Crippen molar-refractivity contribution in [3.8, 4) is 11.5 Å². The Hall–Kier alpha value is -2.65. The first-order valence-electron chi connectivity index (χ1n) is 9.17. The number of thiazole rings is 1. The smallest absolute Gasteiger partial charge is 0.231 e. The summed E-state index contributed by atoms with van der Waals surface area (Å²) in [6.45, 7) is 5.60. The van der Waals surface area contributed by atoms with Crippen LogP contribution in [-0.2, 0) is 22.6 Å². The Bertz CT molecular complexity index is 877. The van der Waals surface area contributed by atoms with E-state index in [1.54, 1.807) is 0 Å². The quantitative estimate of drug-likeness (QED) is 0.820. The number of ether oxygens (including phenoxy) is 2. The van der Waals surface area contributed by atoms with Crippen LogP contribution >= 0.6 is 11.3 Å². The van der Waals surface area contributed by atoms with Gasteiger partial charge in [0.25, 0.3) is 0 Å². The summed E-state index contributed by atoms with van der Waals surface area (Å²) < 4.78 is 10.8. The number of benzene rings is 1. The monoisotopic (exact) mass is 402 g/mol. The van der Waals surface area contributed by atoms with E-state index in [4.69, 9.17) is 9.47 Å². The maximum absolute atomic E-state index is 12.5. The molecule has 0 radical (unpaired) electrons. The molecule has 148 valence electrons. The summed E-state index contributed by atoms with van der Waals surface area (Å²) in [5.74, 6) is 1.50. The maximum Gasteiger partial charge on any atom is 0.231 e. The number of hydrogen-bond donors (Lipinski definition) is 1. The summed E-state index contributed by atoms with van der Waals surface area (Å²) in [6.07, 6.45) is 0.262. The Morgan fingerprint density at radius 3 is 2.75 bits per heavy atom. The van der Waals surface area contributed by atoms with Gasteiger partial charge in [-0.25, -0.2) is 4.98 Å². The van der Waals surface area contributed by atoms with Gasteiger partial charge in [-0.3, -0.25) is 14.5 Å². The van der Waals surface area contributed by atoms with Crippen LogP contribution in [0.3, 0.4) is 0 Å². The first kappa shape index (κ1) is 18.7. The van der Waals surface area contributed by atoms with Crippen molar-refractivity contribution in [1.82, 2.24) is 14.8 Å². The molecular weight excluding hydrogens is 380 g/mol. The third kappa shape index (κ3) is 4.42. The van der Waals surface area contributed by atoms with Gasteiger partial charge in [-0.15, -0.1) is 11.3 Å². The molecule has 0 bridgehead atoms. The summed E-state index contributed by atoms with van der Waals surface area (Å²) in [6, 6.07) is 6.02. The number of anilines is 1. The number of fused-ring (bicyclic) bond motifs is 1. The van der Waals surface area contributed by atoms with Crippen molar-refractivity contribution in [3.05, 3.63) is 34.8 Å². The van der Waals surface area contributed by atoms with Crippen molar-refractivity contribution in [3.63, 3.8) is 0 Å². The molecule has 0 spiro atoms. The van der Waals surface area contributed by atoms with Gasteiger partial charge in [0.05, 0.1) is 12.1 Å². The molecule has 2 aliphatic heterocycles. The summed E-state index contributed by atoms with van der Waals surface area (Å²) >= 11 is 1.34. The first-order chi connectivity index (χ1) is 13.6. The van der Waals surface area contributed by atoms with E-state index < -0.39 is 0 Å². The Kier molecular flexibility index (Phi) is 5.45. The Balaban J connectivity index is 1.26. The lowest BCUT2D eigenvalue weighted by molar-refractivity contribution is -0.132. The zero-order valence-corrected chi connectivity index (χ0v) is 16.5. The predicted molar refractivity (Wildman–Crippen MR) is 105 cm³/mol. The van der Waals surface area contributed by atoms with Gasteiger partial charge in [0, 0.05) is 45.0 Å². The van der Waals surface area contributed by atoms with Gasteiger partial charge in [0.15, 0.2) is 16.6 Å². The standard InChI is InChI=1S/C19H22N4O4S/c1-13(24)20-19-21-15(11-28-19)9-18(25)23-6-4-22(5-7-23)10-14-2-3-16-17(8-14)27-12-26-16/h2-3,8,11H,4-7,9-10,12H2,1H3,(H,20,21,24). The lowest BCUT2D eigenvalue weighted by Crippen LogP contribution is -2.48. The minimum Gasteiger partial charge on any atom is -0.454 e. The molecule has 0 aliphatic carbocycles. The maximum atomic E-state index is 12.5. The molecule has 1 saturated heterocycles. The number of carbonyl (C=O) groups excluding carboxylic acids is 2. The van der Waals surface area contributed by atoms with E-state index in [1.807, 2.05) is 22.4 Å². The second-order valence-electron chi connectivity index (χ2n) is 6.85. The van der Waals surface area contributed by atoms with Gasteiger partial charge in [-0.2, -0.15) is 0 Å². The number of nitrogens with zero attached hydrogens (tertiary/aromatic N) is 3. The summed E-state index contributed by atoms with van der Waals surface area (Å²) in [5.41, 5.74) is 1.87. The summed E-state index contributed by atoms with van der Waals surface area (Å²) in [7, 11) is 0. The molecule has 2 aliphatic rings. The van der Waals surface area contributed by atoms with Crippen LogP contribution in [0, 0.1) is 0 Å². The number of nitrogens with one attached hydrogen (secondary N) is 1. The number of amides is 2. The van der Waals surface area contributed by atoms with Crippen LogP contribution in [0.1, 0.15) is 18.2 Å². The van der Waals surface area contributed by atoms with E-state index in [-0.39, 0.29) is 25.0 Å². The second kappa shape index (κ2) is 8.15. The molecule has 1 aromatic heterocycles.